The Morgan fingerprint density at radius 3 is 2.88 bits per heavy atom. The van der Waals surface area contributed by atoms with E-state index in [1.807, 2.05) is 11.8 Å². The zero-order chi connectivity index (χ0) is 17.6. The number of halogens is 1. The second-order valence-electron chi connectivity index (χ2n) is 5.81. The van der Waals surface area contributed by atoms with E-state index in [-0.39, 0.29) is 17.7 Å². The number of anilines is 1. The van der Waals surface area contributed by atoms with Gasteiger partial charge in [-0.05, 0) is 44.0 Å². The van der Waals surface area contributed by atoms with Crippen molar-refractivity contribution in [3.05, 3.63) is 42.5 Å². The van der Waals surface area contributed by atoms with Crippen LogP contribution in [0, 0.1) is 11.7 Å². The third-order valence-corrected chi connectivity index (χ3v) is 4.03. The summed E-state index contributed by atoms with van der Waals surface area (Å²) < 4.78 is 23.7. The van der Waals surface area contributed by atoms with Crippen LogP contribution in [0.1, 0.15) is 19.8 Å². The summed E-state index contributed by atoms with van der Waals surface area (Å²) in [5.41, 5.74) is 0. The lowest BCUT2D eigenvalue weighted by atomic mass is 9.98. The van der Waals surface area contributed by atoms with Crippen molar-refractivity contribution < 1.29 is 18.7 Å². The number of rotatable bonds is 5. The Bertz CT molecular complexity index is 724. The predicted molar refractivity (Wildman–Crippen MR) is 90.1 cm³/mol. The molecule has 25 heavy (non-hydrogen) atoms. The number of carbonyl (C=O) groups excluding carboxylic acids is 1. The van der Waals surface area contributed by atoms with Crippen LogP contribution in [-0.4, -0.2) is 35.6 Å². The second kappa shape index (κ2) is 7.92. The maximum atomic E-state index is 13.0. The van der Waals surface area contributed by atoms with E-state index >= 15 is 0 Å². The molecule has 6 nitrogen and oxygen atoms in total. The van der Waals surface area contributed by atoms with Gasteiger partial charge in [0.25, 0.3) is 0 Å². The molecule has 1 unspecified atom stereocenters. The van der Waals surface area contributed by atoms with Gasteiger partial charge in [-0.3, -0.25) is 4.79 Å². The lowest BCUT2D eigenvalue weighted by molar-refractivity contribution is -0.148. The topological polar surface area (TPSA) is 64.5 Å². The summed E-state index contributed by atoms with van der Waals surface area (Å²) in [5, 5.41) is 0. The smallest absolute Gasteiger partial charge is 0.310 e. The summed E-state index contributed by atoms with van der Waals surface area (Å²) in [5.74, 6) is 0.924. The lowest BCUT2D eigenvalue weighted by Gasteiger charge is -2.32. The summed E-state index contributed by atoms with van der Waals surface area (Å²) in [6.45, 7) is 3.56. The van der Waals surface area contributed by atoms with Gasteiger partial charge in [0.15, 0.2) is 0 Å². The number of ether oxygens (including phenoxy) is 2. The minimum absolute atomic E-state index is 0.148. The number of benzene rings is 1. The highest BCUT2D eigenvalue weighted by molar-refractivity contribution is 5.73. The number of nitrogens with zero attached hydrogens (tertiary/aromatic N) is 3. The predicted octanol–water partition coefficient (Wildman–Crippen LogP) is 3.19. The molecule has 1 saturated heterocycles. The van der Waals surface area contributed by atoms with Gasteiger partial charge in [-0.2, -0.15) is 0 Å². The molecule has 0 spiro atoms. The first-order valence-corrected chi connectivity index (χ1v) is 8.32. The fourth-order valence-electron chi connectivity index (χ4n) is 2.82. The molecule has 1 atom stereocenters. The Hall–Kier alpha value is -2.70. The van der Waals surface area contributed by atoms with Crippen molar-refractivity contribution in [1.82, 2.24) is 9.97 Å². The molecule has 1 fully saturated rings. The van der Waals surface area contributed by atoms with Crippen molar-refractivity contribution in [2.45, 2.75) is 19.8 Å². The highest BCUT2D eigenvalue weighted by Gasteiger charge is 2.27. The van der Waals surface area contributed by atoms with Crippen LogP contribution in [0.5, 0.6) is 11.6 Å². The largest absolute Gasteiger partial charge is 0.466 e. The molecule has 132 valence electrons. The van der Waals surface area contributed by atoms with Crippen molar-refractivity contribution in [3.63, 3.8) is 0 Å². The number of piperidine rings is 1. The maximum absolute atomic E-state index is 13.0. The van der Waals surface area contributed by atoms with Gasteiger partial charge in [-0.15, -0.1) is 0 Å². The molecule has 3 rings (SSSR count). The number of esters is 1. The summed E-state index contributed by atoms with van der Waals surface area (Å²) in [7, 11) is 0. The molecule has 1 aliphatic rings. The molecular weight excluding hydrogens is 325 g/mol. The third-order valence-electron chi connectivity index (χ3n) is 4.03. The normalized spacial score (nSPS) is 17.2. The quantitative estimate of drug-likeness (QED) is 0.776. The zero-order valence-corrected chi connectivity index (χ0v) is 14.0. The maximum Gasteiger partial charge on any atom is 0.310 e. The van der Waals surface area contributed by atoms with Crippen LogP contribution in [0.25, 0.3) is 0 Å². The molecule has 0 bridgehead atoms. The first-order valence-electron chi connectivity index (χ1n) is 8.32. The number of hydrogen-bond acceptors (Lipinski definition) is 6. The van der Waals surface area contributed by atoms with Gasteiger partial charge in [0, 0.05) is 19.2 Å². The van der Waals surface area contributed by atoms with Crippen LogP contribution in [0.3, 0.4) is 0 Å². The molecule has 0 N–H and O–H groups in total. The Kier molecular flexibility index (Phi) is 5.42. The minimum atomic E-state index is -0.325. The van der Waals surface area contributed by atoms with Crippen molar-refractivity contribution in [2.24, 2.45) is 5.92 Å². The Labute approximate surface area is 145 Å². The highest BCUT2D eigenvalue weighted by Crippen LogP contribution is 2.26. The molecule has 7 heteroatoms. The van der Waals surface area contributed by atoms with Crippen LogP contribution < -0.4 is 9.64 Å². The van der Waals surface area contributed by atoms with Crippen molar-refractivity contribution in [3.8, 4) is 11.6 Å². The molecule has 0 radical (unpaired) electrons. The molecule has 2 aromatic rings. The Morgan fingerprint density at radius 1 is 1.32 bits per heavy atom. The van der Waals surface area contributed by atoms with E-state index < -0.39 is 0 Å². The van der Waals surface area contributed by atoms with E-state index in [1.54, 1.807) is 6.07 Å². The summed E-state index contributed by atoms with van der Waals surface area (Å²) in [6.07, 6.45) is 3.13. The van der Waals surface area contributed by atoms with Gasteiger partial charge in [0.1, 0.15) is 23.7 Å². The van der Waals surface area contributed by atoms with Gasteiger partial charge < -0.3 is 14.4 Å². The van der Waals surface area contributed by atoms with E-state index in [4.69, 9.17) is 9.47 Å². The fourth-order valence-corrected chi connectivity index (χ4v) is 2.82. The molecule has 1 aromatic carbocycles. The minimum Gasteiger partial charge on any atom is -0.466 e. The molecule has 1 aliphatic heterocycles. The van der Waals surface area contributed by atoms with E-state index in [9.17, 15) is 9.18 Å². The van der Waals surface area contributed by atoms with E-state index in [0.717, 1.165) is 19.4 Å². The van der Waals surface area contributed by atoms with Crippen molar-refractivity contribution in [1.29, 1.82) is 0 Å². The molecule has 0 amide bonds. The van der Waals surface area contributed by atoms with Gasteiger partial charge in [0.05, 0.1) is 12.5 Å². The summed E-state index contributed by atoms with van der Waals surface area (Å²) in [4.78, 5) is 22.4. The molecule has 2 heterocycles. The second-order valence-corrected chi connectivity index (χ2v) is 5.81. The van der Waals surface area contributed by atoms with Crippen LogP contribution >= 0.6 is 0 Å². The van der Waals surface area contributed by atoms with E-state index in [0.29, 0.717) is 30.6 Å². The van der Waals surface area contributed by atoms with Crippen LogP contribution in [0.4, 0.5) is 10.2 Å². The van der Waals surface area contributed by atoms with Crippen LogP contribution in [0.2, 0.25) is 0 Å². The number of aromatic nitrogens is 2. The average Bonchev–Trinajstić information content (AvgIpc) is 2.64. The van der Waals surface area contributed by atoms with E-state index in [2.05, 4.69) is 9.97 Å². The Balaban J connectivity index is 1.70. The van der Waals surface area contributed by atoms with Crippen LogP contribution in [-0.2, 0) is 9.53 Å². The zero-order valence-electron chi connectivity index (χ0n) is 14.0. The van der Waals surface area contributed by atoms with Gasteiger partial charge in [-0.1, -0.05) is 0 Å². The first kappa shape index (κ1) is 17.1. The molecule has 0 saturated carbocycles. The fraction of sp³-hybridized carbons (Fsp3) is 0.389. The summed E-state index contributed by atoms with van der Waals surface area (Å²) in [6, 6.07) is 7.44. The van der Waals surface area contributed by atoms with Gasteiger partial charge >= 0.3 is 5.97 Å². The molecular formula is C18H20FN3O3. The van der Waals surface area contributed by atoms with Crippen LogP contribution in [0.15, 0.2) is 36.7 Å². The molecule has 1 aromatic heterocycles. The van der Waals surface area contributed by atoms with Gasteiger partial charge in [0.2, 0.25) is 5.88 Å². The third kappa shape index (κ3) is 4.43. The Morgan fingerprint density at radius 2 is 2.12 bits per heavy atom. The first-order chi connectivity index (χ1) is 12.2. The standard InChI is InChI=1S/C18H20FN3O3/c1-2-24-18(23)13-4-3-9-22(11-13)16-10-17(21-12-20-16)25-15-7-5-14(19)6-8-15/h5-8,10,12-13H,2-4,9,11H2,1H3. The van der Waals surface area contributed by atoms with E-state index in [1.165, 1.54) is 30.6 Å². The van der Waals surface area contributed by atoms with Crippen molar-refractivity contribution in [2.75, 3.05) is 24.6 Å². The van der Waals surface area contributed by atoms with Gasteiger partial charge in [-0.25, -0.2) is 14.4 Å². The monoisotopic (exact) mass is 345 g/mol. The number of carbonyl (C=O) groups is 1. The SMILES string of the molecule is CCOC(=O)C1CCCN(c2cc(Oc3ccc(F)cc3)ncn2)C1. The lowest BCUT2D eigenvalue weighted by Crippen LogP contribution is -2.39. The average molecular weight is 345 g/mol. The number of hydrogen-bond donors (Lipinski definition) is 0. The van der Waals surface area contributed by atoms with Crippen molar-refractivity contribution >= 4 is 11.8 Å². The summed E-state index contributed by atoms with van der Waals surface area (Å²) >= 11 is 0. The highest BCUT2D eigenvalue weighted by atomic mass is 19.1. The molecule has 0 aliphatic carbocycles.